The second kappa shape index (κ2) is 8.15. The first kappa shape index (κ1) is 21.1. The molecule has 2 heterocycles. The van der Waals surface area contributed by atoms with Gasteiger partial charge in [-0.1, -0.05) is 36.4 Å². The minimum absolute atomic E-state index is 0.00904. The number of carbonyl (C=O) groups excluding carboxylic acids is 3. The molecule has 0 radical (unpaired) electrons. The average molecular weight is 421 g/mol. The lowest BCUT2D eigenvalue weighted by molar-refractivity contribution is -0.166. The molecule has 0 saturated carbocycles. The molecule has 3 atom stereocenters. The van der Waals surface area contributed by atoms with Crippen LogP contribution in [0.25, 0.3) is 11.1 Å². The fraction of sp³-hybridized carbons (Fsp3) is 0.375. The molecule has 0 aliphatic carbocycles. The third-order valence-corrected chi connectivity index (χ3v) is 6.36. The zero-order valence-corrected chi connectivity index (χ0v) is 18.0. The van der Waals surface area contributed by atoms with Crippen molar-refractivity contribution in [1.29, 1.82) is 0 Å². The molecule has 2 saturated heterocycles. The number of benzene rings is 2. The van der Waals surface area contributed by atoms with Gasteiger partial charge in [-0.3, -0.25) is 14.4 Å². The SMILES string of the molecule is CC(=O)N1CC(=O)N2[C@H](CO)[C@@H](c3ccc(-c4ccc(C(=O)N(C)C)cc4)cc3)[C@@H]2C1. The molecule has 4 rings (SSSR count). The zero-order valence-electron chi connectivity index (χ0n) is 18.0. The van der Waals surface area contributed by atoms with Gasteiger partial charge in [0.15, 0.2) is 0 Å². The topological polar surface area (TPSA) is 81.2 Å². The molecule has 0 unspecified atom stereocenters. The molecule has 7 heteroatoms. The lowest BCUT2D eigenvalue weighted by Crippen LogP contribution is -2.73. The third-order valence-electron chi connectivity index (χ3n) is 6.36. The van der Waals surface area contributed by atoms with Crippen LogP contribution in [0.4, 0.5) is 0 Å². The predicted molar refractivity (Wildman–Crippen MR) is 116 cm³/mol. The maximum atomic E-state index is 12.5. The number of hydrogen-bond acceptors (Lipinski definition) is 4. The van der Waals surface area contributed by atoms with Gasteiger partial charge < -0.3 is 19.8 Å². The number of fused-ring (bicyclic) bond motifs is 1. The molecule has 162 valence electrons. The normalized spacial score (nSPS) is 22.6. The van der Waals surface area contributed by atoms with Crippen LogP contribution in [0.1, 0.15) is 28.8 Å². The summed E-state index contributed by atoms with van der Waals surface area (Å²) in [4.78, 5) is 41.2. The van der Waals surface area contributed by atoms with Gasteiger partial charge in [0, 0.05) is 39.0 Å². The van der Waals surface area contributed by atoms with Gasteiger partial charge in [0.05, 0.1) is 25.2 Å². The van der Waals surface area contributed by atoms with Crippen LogP contribution in [0.2, 0.25) is 0 Å². The van der Waals surface area contributed by atoms with Crippen molar-refractivity contribution in [3.05, 3.63) is 59.7 Å². The van der Waals surface area contributed by atoms with Crippen molar-refractivity contribution in [3.63, 3.8) is 0 Å². The maximum absolute atomic E-state index is 12.5. The summed E-state index contributed by atoms with van der Waals surface area (Å²) in [7, 11) is 3.46. The average Bonchev–Trinajstić information content (AvgIpc) is 2.75. The maximum Gasteiger partial charge on any atom is 0.253 e. The largest absolute Gasteiger partial charge is 0.394 e. The summed E-state index contributed by atoms with van der Waals surface area (Å²) >= 11 is 0. The number of nitrogens with zero attached hydrogens (tertiary/aromatic N) is 3. The monoisotopic (exact) mass is 421 g/mol. The number of carbonyl (C=O) groups is 3. The molecular weight excluding hydrogens is 394 g/mol. The van der Waals surface area contributed by atoms with Crippen LogP contribution in [-0.2, 0) is 9.59 Å². The van der Waals surface area contributed by atoms with Crippen LogP contribution in [0.15, 0.2) is 48.5 Å². The number of piperazine rings is 1. The quantitative estimate of drug-likeness (QED) is 0.813. The first-order valence-electron chi connectivity index (χ1n) is 10.4. The molecule has 31 heavy (non-hydrogen) atoms. The minimum atomic E-state index is -0.256. The van der Waals surface area contributed by atoms with E-state index in [9.17, 15) is 19.5 Å². The molecule has 0 aromatic heterocycles. The zero-order chi connectivity index (χ0) is 22.3. The van der Waals surface area contributed by atoms with Gasteiger partial charge in [-0.05, 0) is 28.8 Å². The standard InChI is InChI=1S/C24H27N3O4/c1-15(29)26-12-20-23(21(14-28)27(20)22(30)13-26)18-8-4-16(5-9-18)17-6-10-19(11-7-17)24(31)25(2)3/h4-11,20-21,23,28H,12-14H2,1-3H3/t20-,21+,23-/m0/s1. The molecule has 2 fully saturated rings. The van der Waals surface area contributed by atoms with Crippen LogP contribution in [0, 0.1) is 0 Å². The van der Waals surface area contributed by atoms with Crippen molar-refractivity contribution in [1.82, 2.24) is 14.7 Å². The summed E-state index contributed by atoms with van der Waals surface area (Å²) in [5.74, 6) is -0.255. The molecule has 2 aromatic rings. The van der Waals surface area contributed by atoms with E-state index in [4.69, 9.17) is 0 Å². The fourth-order valence-corrected chi connectivity index (χ4v) is 4.70. The molecule has 3 amide bonds. The first-order valence-corrected chi connectivity index (χ1v) is 10.4. The number of rotatable bonds is 4. The van der Waals surface area contributed by atoms with E-state index in [2.05, 4.69) is 0 Å². The lowest BCUT2D eigenvalue weighted by atomic mass is 9.73. The highest BCUT2D eigenvalue weighted by atomic mass is 16.3. The summed E-state index contributed by atoms with van der Waals surface area (Å²) in [6, 6.07) is 15.2. The highest BCUT2D eigenvalue weighted by Gasteiger charge is 2.54. The van der Waals surface area contributed by atoms with E-state index in [1.54, 1.807) is 28.8 Å². The van der Waals surface area contributed by atoms with Crippen molar-refractivity contribution < 1.29 is 19.5 Å². The molecule has 1 N–H and O–H groups in total. The van der Waals surface area contributed by atoms with Crippen LogP contribution in [0.3, 0.4) is 0 Å². The molecule has 7 nitrogen and oxygen atoms in total. The molecule has 2 aliphatic rings. The smallest absolute Gasteiger partial charge is 0.253 e. The molecule has 0 bridgehead atoms. The predicted octanol–water partition coefficient (Wildman–Crippen LogP) is 1.57. The van der Waals surface area contributed by atoms with Gasteiger partial charge in [0.2, 0.25) is 11.8 Å². The Bertz CT molecular complexity index is 1000. The van der Waals surface area contributed by atoms with Crippen molar-refractivity contribution in [2.45, 2.75) is 24.9 Å². The molecular formula is C24H27N3O4. The van der Waals surface area contributed by atoms with E-state index in [0.29, 0.717) is 12.1 Å². The van der Waals surface area contributed by atoms with Gasteiger partial charge >= 0.3 is 0 Å². The van der Waals surface area contributed by atoms with Gasteiger partial charge in [0.1, 0.15) is 0 Å². The van der Waals surface area contributed by atoms with Gasteiger partial charge in [0.25, 0.3) is 5.91 Å². The van der Waals surface area contributed by atoms with E-state index in [-0.39, 0.29) is 48.9 Å². The number of aliphatic hydroxyl groups excluding tert-OH is 1. The van der Waals surface area contributed by atoms with E-state index in [1.807, 2.05) is 48.5 Å². The Balaban J connectivity index is 1.54. The van der Waals surface area contributed by atoms with Crippen LogP contribution >= 0.6 is 0 Å². The highest BCUT2D eigenvalue weighted by molar-refractivity contribution is 5.94. The summed E-state index contributed by atoms with van der Waals surface area (Å²) in [5, 5.41) is 9.89. The summed E-state index contributed by atoms with van der Waals surface area (Å²) in [6.07, 6.45) is 0. The lowest BCUT2D eigenvalue weighted by Gasteiger charge is -2.58. The summed E-state index contributed by atoms with van der Waals surface area (Å²) in [5.41, 5.74) is 3.71. The summed E-state index contributed by atoms with van der Waals surface area (Å²) in [6.45, 7) is 1.95. The number of hydrogen-bond donors (Lipinski definition) is 1. The molecule has 2 aliphatic heterocycles. The molecule has 0 spiro atoms. The van der Waals surface area contributed by atoms with E-state index >= 15 is 0 Å². The number of amides is 3. The fourth-order valence-electron chi connectivity index (χ4n) is 4.70. The molecule has 2 aromatic carbocycles. The van der Waals surface area contributed by atoms with Crippen LogP contribution < -0.4 is 0 Å². The Morgan fingerprint density at radius 3 is 2.13 bits per heavy atom. The van der Waals surface area contributed by atoms with Crippen molar-refractivity contribution in [2.75, 3.05) is 33.8 Å². The van der Waals surface area contributed by atoms with Crippen molar-refractivity contribution >= 4 is 17.7 Å². The van der Waals surface area contributed by atoms with Crippen LogP contribution in [0.5, 0.6) is 0 Å². The Hall–Kier alpha value is -3.19. The van der Waals surface area contributed by atoms with Crippen molar-refractivity contribution in [2.24, 2.45) is 0 Å². The Kier molecular flexibility index (Phi) is 5.54. The minimum Gasteiger partial charge on any atom is -0.394 e. The highest BCUT2D eigenvalue weighted by Crippen LogP contribution is 2.43. The van der Waals surface area contributed by atoms with Crippen molar-refractivity contribution in [3.8, 4) is 11.1 Å². The second-order valence-electron chi connectivity index (χ2n) is 8.44. The number of aliphatic hydroxyl groups is 1. The summed E-state index contributed by atoms with van der Waals surface area (Å²) < 4.78 is 0. The first-order chi connectivity index (χ1) is 14.8. The van der Waals surface area contributed by atoms with E-state index in [0.717, 1.165) is 16.7 Å². The van der Waals surface area contributed by atoms with Crippen LogP contribution in [-0.4, -0.2) is 83.4 Å². The Morgan fingerprint density at radius 2 is 1.61 bits per heavy atom. The Labute approximate surface area is 181 Å². The van der Waals surface area contributed by atoms with Gasteiger partial charge in [-0.25, -0.2) is 0 Å². The van der Waals surface area contributed by atoms with E-state index < -0.39 is 0 Å². The van der Waals surface area contributed by atoms with Gasteiger partial charge in [-0.2, -0.15) is 0 Å². The Morgan fingerprint density at radius 1 is 1.03 bits per heavy atom. The van der Waals surface area contributed by atoms with Gasteiger partial charge in [-0.15, -0.1) is 0 Å². The second-order valence-corrected chi connectivity index (χ2v) is 8.44. The van der Waals surface area contributed by atoms with E-state index in [1.165, 1.54) is 6.92 Å². The third kappa shape index (κ3) is 3.70.